The van der Waals surface area contributed by atoms with Crippen LogP contribution < -0.4 is 5.32 Å². The lowest BCUT2D eigenvalue weighted by Crippen LogP contribution is -2.44. The second kappa shape index (κ2) is 5.95. The normalized spacial score (nSPS) is 25.9. The third-order valence-corrected chi connectivity index (χ3v) is 4.71. The van der Waals surface area contributed by atoms with Gasteiger partial charge in [-0.25, -0.2) is 4.98 Å². The van der Waals surface area contributed by atoms with Gasteiger partial charge in [0.05, 0.1) is 11.9 Å². The largest absolute Gasteiger partial charge is 0.380 e. The SMILES string of the molecule is CCNC1CCOCC1Sc1nc(C)ns1. The van der Waals surface area contributed by atoms with Crippen molar-refractivity contribution in [3.05, 3.63) is 5.82 Å². The summed E-state index contributed by atoms with van der Waals surface area (Å²) in [6, 6.07) is 0.535. The van der Waals surface area contributed by atoms with Crippen molar-refractivity contribution in [1.29, 1.82) is 0 Å². The molecular formula is C10H17N3OS2. The summed E-state index contributed by atoms with van der Waals surface area (Å²) < 4.78 is 10.8. The first-order valence-corrected chi connectivity index (χ1v) is 7.23. The summed E-state index contributed by atoms with van der Waals surface area (Å²) >= 11 is 3.27. The Morgan fingerprint density at radius 1 is 1.62 bits per heavy atom. The Balaban J connectivity index is 1.95. The van der Waals surface area contributed by atoms with Gasteiger partial charge in [-0.15, -0.1) is 0 Å². The van der Waals surface area contributed by atoms with Crippen LogP contribution in [0.1, 0.15) is 19.2 Å². The third kappa shape index (κ3) is 3.16. The molecule has 0 aliphatic carbocycles. The maximum Gasteiger partial charge on any atom is 0.170 e. The van der Waals surface area contributed by atoms with Crippen molar-refractivity contribution in [2.75, 3.05) is 19.8 Å². The van der Waals surface area contributed by atoms with Crippen LogP contribution in [0.15, 0.2) is 4.34 Å². The van der Waals surface area contributed by atoms with Crippen LogP contribution in [0.2, 0.25) is 0 Å². The molecule has 1 fully saturated rings. The lowest BCUT2D eigenvalue weighted by Gasteiger charge is -2.30. The molecule has 1 N–H and O–H groups in total. The highest BCUT2D eigenvalue weighted by molar-refractivity contribution is 8.01. The molecule has 0 spiro atoms. The van der Waals surface area contributed by atoms with Crippen LogP contribution in [0.5, 0.6) is 0 Å². The second-order valence-electron chi connectivity index (χ2n) is 3.79. The first-order valence-electron chi connectivity index (χ1n) is 5.57. The van der Waals surface area contributed by atoms with Crippen LogP contribution in [-0.2, 0) is 4.74 Å². The Kier molecular flexibility index (Phi) is 4.57. The number of ether oxygens (including phenoxy) is 1. The molecule has 1 saturated heterocycles. The molecule has 0 bridgehead atoms. The Bertz CT molecular complexity index is 330. The summed E-state index contributed by atoms with van der Waals surface area (Å²) in [7, 11) is 0. The molecular weight excluding hydrogens is 242 g/mol. The van der Waals surface area contributed by atoms with E-state index in [2.05, 4.69) is 21.6 Å². The first-order chi connectivity index (χ1) is 7.79. The second-order valence-corrected chi connectivity index (χ2v) is 6.03. The Hall–Kier alpha value is -0.170. The van der Waals surface area contributed by atoms with Gasteiger partial charge in [0.1, 0.15) is 5.82 Å². The fraction of sp³-hybridized carbons (Fsp3) is 0.800. The van der Waals surface area contributed by atoms with Gasteiger partial charge in [-0.1, -0.05) is 18.7 Å². The summed E-state index contributed by atoms with van der Waals surface area (Å²) in [6.45, 7) is 6.76. The number of nitrogens with one attached hydrogen (secondary N) is 1. The molecule has 16 heavy (non-hydrogen) atoms. The smallest absolute Gasteiger partial charge is 0.170 e. The fourth-order valence-corrected chi connectivity index (χ4v) is 3.86. The zero-order valence-electron chi connectivity index (χ0n) is 9.60. The van der Waals surface area contributed by atoms with E-state index < -0.39 is 0 Å². The van der Waals surface area contributed by atoms with Gasteiger partial charge >= 0.3 is 0 Å². The predicted octanol–water partition coefficient (Wildman–Crippen LogP) is 1.71. The number of rotatable bonds is 4. The van der Waals surface area contributed by atoms with Gasteiger partial charge < -0.3 is 10.1 Å². The number of aryl methyl sites for hydroxylation is 1. The monoisotopic (exact) mass is 259 g/mol. The Morgan fingerprint density at radius 3 is 3.19 bits per heavy atom. The highest BCUT2D eigenvalue weighted by atomic mass is 32.2. The van der Waals surface area contributed by atoms with E-state index in [9.17, 15) is 0 Å². The first kappa shape index (κ1) is 12.3. The maximum absolute atomic E-state index is 5.53. The van der Waals surface area contributed by atoms with Crippen LogP contribution in [-0.4, -0.2) is 40.4 Å². The minimum atomic E-state index is 0.459. The summed E-state index contributed by atoms with van der Waals surface area (Å²) in [6.07, 6.45) is 1.09. The fourth-order valence-electron chi connectivity index (χ4n) is 1.78. The van der Waals surface area contributed by atoms with Crippen molar-refractivity contribution in [3.8, 4) is 0 Å². The number of nitrogens with zero attached hydrogens (tertiary/aromatic N) is 2. The van der Waals surface area contributed by atoms with Crippen LogP contribution in [0, 0.1) is 6.92 Å². The van der Waals surface area contributed by atoms with Gasteiger partial charge in [0.2, 0.25) is 0 Å². The van der Waals surface area contributed by atoms with Crippen molar-refractivity contribution < 1.29 is 4.74 Å². The van der Waals surface area contributed by atoms with E-state index in [0.29, 0.717) is 11.3 Å². The van der Waals surface area contributed by atoms with Gasteiger partial charge in [-0.2, -0.15) is 4.37 Å². The summed E-state index contributed by atoms with van der Waals surface area (Å²) in [5.74, 6) is 0.865. The molecule has 6 heteroatoms. The zero-order valence-corrected chi connectivity index (χ0v) is 11.2. The molecule has 2 atom stereocenters. The molecule has 4 nitrogen and oxygen atoms in total. The third-order valence-electron chi connectivity index (χ3n) is 2.53. The van der Waals surface area contributed by atoms with E-state index in [1.165, 1.54) is 11.5 Å². The molecule has 0 radical (unpaired) electrons. The van der Waals surface area contributed by atoms with E-state index in [4.69, 9.17) is 4.74 Å². The lowest BCUT2D eigenvalue weighted by atomic mass is 10.1. The zero-order chi connectivity index (χ0) is 11.4. The summed E-state index contributed by atoms with van der Waals surface area (Å²) in [4.78, 5) is 4.39. The number of hydrogen-bond donors (Lipinski definition) is 1. The molecule has 1 aromatic heterocycles. The molecule has 0 aromatic carbocycles. The van der Waals surface area contributed by atoms with Crippen molar-refractivity contribution >= 4 is 23.3 Å². The molecule has 0 amide bonds. The lowest BCUT2D eigenvalue weighted by molar-refractivity contribution is 0.0837. The van der Waals surface area contributed by atoms with E-state index >= 15 is 0 Å². The van der Waals surface area contributed by atoms with Crippen LogP contribution in [0.25, 0.3) is 0 Å². The average molecular weight is 259 g/mol. The topological polar surface area (TPSA) is 47.0 Å². The van der Waals surface area contributed by atoms with E-state index in [1.807, 2.05) is 6.92 Å². The minimum Gasteiger partial charge on any atom is -0.380 e. The highest BCUT2D eigenvalue weighted by Crippen LogP contribution is 2.29. The molecule has 2 rings (SSSR count). The van der Waals surface area contributed by atoms with E-state index in [0.717, 1.165) is 36.3 Å². The van der Waals surface area contributed by atoms with Crippen molar-refractivity contribution in [1.82, 2.24) is 14.7 Å². The number of thioether (sulfide) groups is 1. The molecule has 1 aliphatic heterocycles. The summed E-state index contributed by atoms with van der Waals surface area (Å²) in [5.41, 5.74) is 0. The van der Waals surface area contributed by atoms with Crippen molar-refractivity contribution in [2.45, 2.75) is 35.9 Å². The molecule has 90 valence electrons. The molecule has 2 heterocycles. The summed E-state index contributed by atoms with van der Waals surface area (Å²) in [5, 5.41) is 3.98. The Morgan fingerprint density at radius 2 is 2.50 bits per heavy atom. The van der Waals surface area contributed by atoms with Gasteiger partial charge in [0.25, 0.3) is 0 Å². The van der Waals surface area contributed by atoms with E-state index in [-0.39, 0.29) is 0 Å². The average Bonchev–Trinajstić information content (AvgIpc) is 2.67. The standard InChI is InChI=1S/C10H17N3OS2/c1-3-11-8-4-5-14-6-9(8)15-10-12-7(2)13-16-10/h8-9,11H,3-6H2,1-2H3. The predicted molar refractivity (Wildman–Crippen MR) is 67.2 cm³/mol. The number of aromatic nitrogens is 2. The van der Waals surface area contributed by atoms with Gasteiger partial charge in [-0.05, 0) is 31.4 Å². The molecule has 2 unspecified atom stereocenters. The van der Waals surface area contributed by atoms with Gasteiger partial charge in [0.15, 0.2) is 4.34 Å². The minimum absolute atomic E-state index is 0.459. The van der Waals surface area contributed by atoms with Crippen LogP contribution in [0.4, 0.5) is 0 Å². The van der Waals surface area contributed by atoms with Crippen molar-refractivity contribution in [2.24, 2.45) is 0 Å². The molecule has 1 aliphatic rings. The molecule has 0 saturated carbocycles. The van der Waals surface area contributed by atoms with Gasteiger partial charge in [-0.3, -0.25) is 0 Å². The molecule has 1 aromatic rings. The maximum atomic E-state index is 5.53. The Labute approximate surface area is 104 Å². The highest BCUT2D eigenvalue weighted by Gasteiger charge is 2.26. The van der Waals surface area contributed by atoms with E-state index in [1.54, 1.807) is 11.8 Å². The quantitative estimate of drug-likeness (QED) is 0.892. The van der Waals surface area contributed by atoms with Crippen LogP contribution in [0.3, 0.4) is 0 Å². The van der Waals surface area contributed by atoms with Crippen LogP contribution >= 0.6 is 23.3 Å². The number of hydrogen-bond acceptors (Lipinski definition) is 6. The van der Waals surface area contributed by atoms with Gasteiger partial charge in [0, 0.05) is 12.6 Å². The van der Waals surface area contributed by atoms with Crippen molar-refractivity contribution in [3.63, 3.8) is 0 Å².